The lowest BCUT2D eigenvalue weighted by Gasteiger charge is -2.38. The molecule has 3 rings (SSSR count). The Morgan fingerprint density at radius 2 is 1.83 bits per heavy atom. The fourth-order valence-electron chi connectivity index (χ4n) is 3.89. The number of likely N-dealkylation sites (tertiary alicyclic amines) is 2. The molecule has 5 nitrogen and oxygen atoms in total. The van der Waals surface area contributed by atoms with Gasteiger partial charge in [-0.15, -0.1) is 12.4 Å². The van der Waals surface area contributed by atoms with E-state index in [9.17, 15) is 9.59 Å². The van der Waals surface area contributed by atoms with Crippen molar-refractivity contribution in [3.8, 4) is 0 Å². The first kappa shape index (κ1) is 19.5. The average molecular weight is 358 g/mol. The first-order valence-electron chi connectivity index (χ1n) is 9.38. The lowest BCUT2D eigenvalue weighted by atomic mass is 9.98. The molecule has 2 amide bonds. The highest BCUT2D eigenvalue weighted by Crippen LogP contribution is 2.28. The predicted octanol–water partition coefficient (Wildman–Crippen LogP) is 2.05. The molecule has 3 aliphatic rings. The van der Waals surface area contributed by atoms with E-state index in [0.717, 1.165) is 51.4 Å². The van der Waals surface area contributed by atoms with Crippen molar-refractivity contribution in [1.29, 1.82) is 0 Å². The zero-order valence-corrected chi connectivity index (χ0v) is 15.8. The molecule has 0 spiro atoms. The van der Waals surface area contributed by atoms with E-state index in [1.54, 1.807) is 0 Å². The Bertz CT molecular complexity index is 446. The Kier molecular flexibility index (Phi) is 6.93. The highest BCUT2D eigenvalue weighted by atomic mass is 35.5. The second kappa shape index (κ2) is 8.52. The van der Waals surface area contributed by atoms with E-state index < -0.39 is 0 Å². The van der Waals surface area contributed by atoms with E-state index in [4.69, 9.17) is 0 Å². The van der Waals surface area contributed by atoms with Crippen LogP contribution in [-0.2, 0) is 9.59 Å². The molecular weight excluding hydrogens is 326 g/mol. The van der Waals surface area contributed by atoms with Gasteiger partial charge in [0.25, 0.3) is 0 Å². The largest absolute Gasteiger partial charge is 0.341 e. The number of piperidine rings is 1. The Morgan fingerprint density at radius 1 is 1.17 bits per heavy atom. The molecule has 24 heavy (non-hydrogen) atoms. The van der Waals surface area contributed by atoms with E-state index >= 15 is 0 Å². The molecule has 0 aromatic carbocycles. The van der Waals surface area contributed by atoms with Gasteiger partial charge in [0.15, 0.2) is 0 Å². The summed E-state index contributed by atoms with van der Waals surface area (Å²) >= 11 is 0. The fourth-order valence-corrected chi connectivity index (χ4v) is 3.89. The van der Waals surface area contributed by atoms with Crippen LogP contribution < -0.4 is 5.32 Å². The molecule has 138 valence electrons. The summed E-state index contributed by atoms with van der Waals surface area (Å²) < 4.78 is 0. The SMILES string of the molecule is CC(C)C(C(=O)N1CCC(NCC2CC2)CC1)N1CCCC1=O.Cl. The number of hydrogen-bond acceptors (Lipinski definition) is 3. The summed E-state index contributed by atoms with van der Waals surface area (Å²) in [6, 6.07) is 0.298. The van der Waals surface area contributed by atoms with Gasteiger partial charge in [0.05, 0.1) is 0 Å². The quantitative estimate of drug-likeness (QED) is 0.791. The second-order valence-electron chi connectivity index (χ2n) is 7.83. The van der Waals surface area contributed by atoms with Gasteiger partial charge in [0.1, 0.15) is 6.04 Å². The van der Waals surface area contributed by atoms with Gasteiger partial charge < -0.3 is 15.1 Å². The fraction of sp³-hybridized carbons (Fsp3) is 0.889. The first-order chi connectivity index (χ1) is 11.1. The van der Waals surface area contributed by atoms with Gasteiger partial charge in [-0.1, -0.05) is 13.8 Å². The number of carbonyl (C=O) groups is 2. The maximum absolute atomic E-state index is 13.0. The van der Waals surface area contributed by atoms with Gasteiger partial charge in [-0.25, -0.2) is 0 Å². The smallest absolute Gasteiger partial charge is 0.245 e. The zero-order chi connectivity index (χ0) is 16.4. The van der Waals surface area contributed by atoms with Gasteiger partial charge in [-0.05, 0) is 50.5 Å². The maximum Gasteiger partial charge on any atom is 0.245 e. The molecule has 1 aliphatic carbocycles. The van der Waals surface area contributed by atoms with Gasteiger partial charge in [-0.3, -0.25) is 9.59 Å². The maximum atomic E-state index is 13.0. The molecule has 2 aliphatic heterocycles. The number of halogens is 1. The minimum Gasteiger partial charge on any atom is -0.341 e. The van der Waals surface area contributed by atoms with Crippen LogP contribution in [0.25, 0.3) is 0 Å². The molecule has 1 N–H and O–H groups in total. The first-order valence-corrected chi connectivity index (χ1v) is 9.38. The Hall–Kier alpha value is -0.810. The predicted molar refractivity (Wildman–Crippen MR) is 97.1 cm³/mol. The van der Waals surface area contributed by atoms with Gasteiger partial charge in [0, 0.05) is 32.1 Å². The van der Waals surface area contributed by atoms with Crippen LogP contribution >= 0.6 is 12.4 Å². The Labute approximate surface area is 151 Å². The number of carbonyl (C=O) groups excluding carboxylic acids is 2. The van der Waals surface area contributed by atoms with Crippen molar-refractivity contribution < 1.29 is 9.59 Å². The summed E-state index contributed by atoms with van der Waals surface area (Å²) in [5.41, 5.74) is 0. The molecule has 3 fully saturated rings. The van der Waals surface area contributed by atoms with E-state index in [2.05, 4.69) is 19.2 Å². The van der Waals surface area contributed by atoms with Crippen LogP contribution in [-0.4, -0.2) is 59.9 Å². The second-order valence-corrected chi connectivity index (χ2v) is 7.83. The van der Waals surface area contributed by atoms with E-state index in [0.29, 0.717) is 12.5 Å². The van der Waals surface area contributed by atoms with Crippen molar-refractivity contribution in [2.75, 3.05) is 26.2 Å². The van der Waals surface area contributed by atoms with Crippen molar-refractivity contribution in [1.82, 2.24) is 15.1 Å². The summed E-state index contributed by atoms with van der Waals surface area (Å²) in [6.07, 6.45) is 6.33. The van der Waals surface area contributed by atoms with Crippen LogP contribution in [0, 0.1) is 11.8 Å². The molecule has 1 saturated carbocycles. The Balaban J connectivity index is 0.00000208. The van der Waals surface area contributed by atoms with Crippen LogP contribution in [0.15, 0.2) is 0 Å². The van der Waals surface area contributed by atoms with Crippen molar-refractivity contribution >= 4 is 24.2 Å². The summed E-state index contributed by atoms with van der Waals surface area (Å²) in [5.74, 6) is 1.39. The standard InChI is InChI=1S/C18H31N3O2.ClH/c1-13(2)17(21-9-3-4-16(21)22)18(23)20-10-7-15(8-11-20)19-12-14-5-6-14;/h13-15,17,19H,3-12H2,1-2H3;1H. The molecule has 2 heterocycles. The summed E-state index contributed by atoms with van der Waals surface area (Å²) in [4.78, 5) is 28.8. The van der Waals surface area contributed by atoms with Crippen molar-refractivity contribution in [3.05, 3.63) is 0 Å². The monoisotopic (exact) mass is 357 g/mol. The number of amides is 2. The lowest BCUT2D eigenvalue weighted by molar-refractivity contribution is -0.146. The lowest BCUT2D eigenvalue weighted by Crippen LogP contribution is -2.54. The van der Waals surface area contributed by atoms with E-state index in [-0.39, 0.29) is 36.2 Å². The molecule has 0 aromatic heterocycles. The van der Waals surface area contributed by atoms with Gasteiger partial charge >= 0.3 is 0 Å². The Morgan fingerprint density at radius 3 is 2.33 bits per heavy atom. The number of nitrogens with one attached hydrogen (secondary N) is 1. The van der Waals surface area contributed by atoms with E-state index in [1.165, 1.54) is 12.8 Å². The van der Waals surface area contributed by atoms with Crippen LogP contribution in [0.4, 0.5) is 0 Å². The third-order valence-electron chi connectivity index (χ3n) is 5.53. The number of rotatable bonds is 6. The van der Waals surface area contributed by atoms with Gasteiger partial charge in [0.2, 0.25) is 11.8 Å². The van der Waals surface area contributed by atoms with Crippen molar-refractivity contribution in [2.24, 2.45) is 11.8 Å². The van der Waals surface area contributed by atoms with Crippen LogP contribution in [0.3, 0.4) is 0 Å². The topological polar surface area (TPSA) is 52.7 Å². The molecule has 1 unspecified atom stereocenters. The molecule has 6 heteroatoms. The normalized spacial score (nSPS) is 23.5. The third-order valence-corrected chi connectivity index (χ3v) is 5.53. The zero-order valence-electron chi connectivity index (χ0n) is 15.0. The summed E-state index contributed by atoms with van der Waals surface area (Å²) in [7, 11) is 0. The highest BCUT2D eigenvalue weighted by molar-refractivity contribution is 5.89. The van der Waals surface area contributed by atoms with Crippen LogP contribution in [0.2, 0.25) is 0 Å². The number of nitrogens with zero attached hydrogens (tertiary/aromatic N) is 2. The van der Waals surface area contributed by atoms with E-state index in [1.807, 2.05) is 9.80 Å². The minimum absolute atomic E-state index is 0. The molecule has 0 radical (unpaired) electrons. The number of hydrogen-bond donors (Lipinski definition) is 1. The molecule has 0 aromatic rings. The minimum atomic E-state index is -0.263. The molecule has 2 saturated heterocycles. The highest BCUT2D eigenvalue weighted by Gasteiger charge is 2.38. The van der Waals surface area contributed by atoms with Crippen LogP contribution in [0.5, 0.6) is 0 Å². The summed E-state index contributed by atoms with van der Waals surface area (Å²) in [6.45, 7) is 7.65. The average Bonchev–Trinajstić information content (AvgIpc) is 3.28. The van der Waals surface area contributed by atoms with Gasteiger partial charge in [-0.2, -0.15) is 0 Å². The van der Waals surface area contributed by atoms with Crippen molar-refractivity contribution in [3.63, 3.8) is 0 Å². The third kappa shape index (κ3) is 4.63. The van der Waals surface area contributed by atoms with Crippen molar-refractivity contribution in [2.45, 2.75) is 64.5 Å². The molecule has 1 atom stereocenters. The molecular formula is C18H32ClN3O2. The summed E-state index contributed by atoms with van der Waals surface area (Å²) in [5, 5.41) is 3.65. The molecule has 0 bridgehead atoms. The van der Waals surface area contributed by atoms with Crippen LogP contribution in [0.1, 0.15) is 52.4 Å².